The second-order valence-electron chi connectivity index (χ2n) is 4.71. The Labute approximate surface area is 116 Å². The van der Waals surface area contributed by atoms with E-state index < -0.39 is 0 Å². The summed E-state index contributed by atoms with van der Waals surface area (Å²) in [6.07, 6.45) is 7.75. The van der Waals surface area contributed by atoms with Gasteiger partial charge >= 0.3 is 11.9 Å². The summed E-state index contributed by atoms with van der Waals surface area (Å²) in [5.74, 6) is -0.615. The maximum atomic E-state index is 11.3. The van der Waals surface area contributed by atoms with Crippen LogP contribution in [0.15, 0.2) is 0 Å². The molecule has 4 nitrogen and oxygen atoms in total. The number of unbranched alkanes of at least 4 members (excludes halogenated alkanes) is 5. The van der Waals surface area contributed by atoms with Crippen LogP contribution in [0.3, 0.4) is 0 Å². The van der Waals surface area contributed by atoms with Crippen molar-refractivity contribution in [2.24, 2.45) is 0 Å². The molecule has 0 spiro atoms. The molecule has 0 rings (SSSR count). The molecule has 0 aromatic carbocycles. The van der Waals surface area contributed by atoms with Crippen LogP contribution in [0.2, 0.25) is 0 Å². The first-order valence-electron chi connectivity index (χ1n) is 7.52. The van der Waals surface area contributed by atoms with Gasteiger partial charge in [-0.15, -0.1) is 0 Å². The van der Waals surface area contributed by atoms with Crippen LogP contribution in [-0.4, -0.2) is 25.2 Å². The molecule has 0 heterocycles. The summed E-state index contributed by atoms with van der Waals surface area (Å²) in [5.41, 5.74) is 0. The van der Waals surface area contributed by atoms with Gasteiger partial charge in [-0.1, -0.05) is 46.0 Å². The molecule has 0 amide bonds. The maximum Gasteiger partial charge on any atom is 0.306 e. The molecule has 4 heteroatoms. The molecule has 0 aliphatic rings. The summed E-state index contributed by atoms with van der Waals surface area (Å²) in [5, 5.41) is 0. The lowest BCUT2D eigenvalue weighted by molar-refractivity contribution is -0.150. The number of ether oxygens (including phenoxy) is 2. The molecule has 0 aliphatic carbocycles. The minimum absolute atomic E-state index is 0.123. The second kappa shape index (κ2) is 13.4. The van der Waals surface area contributed by atoms with Gasteiger partial charge in [0.2, 0.25) is 0 Å². The van der Waals surface area contributed by atoms with Crippen molar-refractivity contribution in [2.75, 3.05) is 13.2 Å². The first-order chi connectivity index (χ1) is 9.20. The molecule has 0 bridgehead atoms. The number of hydrogen-bond donors (Lipinski definition) is 0. The van der Waals surface area contributed by atoms with Crippen LogP contribution in [-0.2, 0) is 19.1 Å². The topological polar surface area (TPSA) is 52.6 Å². The fraction of sp³-hybridized carbons (Fsp3) is 0.867. The van der Waals surface area contributed by atoms with Gasteiger partial charge in [-0.05, 0) is 12.8 Å². The third-order valence-corrected chi connectivity index (χ3v) is 2.81. The lowest BCUT2D eigenvalue weighted by Crippen LogP contribution is -2.11. The van der Waals surface area contributed by atoms with Crippen LogP contribution in [0.25, 0.3) is 0 Å². The van der Waals surface area contributed by atoms with E-state index in [-0.39, 0.29) is 24.8 Å². The average Bonchev–Trinajstić information content (AvgIpc) is 2.40. The SMILES string of the molecule is CCCCCCCOC(=O)CCC(=O)OCCCC. The lowest BCUT2D eigenvalue weighted by Gasteiger charge is -2.05. The van der Waals surface area contributed by atoms with Gasteiger partial charge in [0.1, 0.15) is 0 Å². The molecular formula is C15H28O4. The standard InChI is InChI=1S/C15H28O4/c1-3-5-7-8-9-13-19-15(17)11-10-14(16)18-12-6-4-2/h3-13H2,1-2H3. The van der Waals surface area contributed by atoms with E-state index in [1.807, 2.05) is 6.92 Å². The number of carbonyl (C=O) groups is 2. The van der Waals surface area contributed by atoms with Crippen molar-refractivity contribution >= 4 is 11.9 Å². The number of carbonyl (C=O) groups excluding carboxylic acids is 2. The quantitative estimate of drug-likeness (QED) is 0.402. The predicted octanol–water partition coefficient (Wildman–Crippen LogP) is 3.62. The van der Waals surface area contributed by atoms with Crippen molar-refractivity contribution in [3.63, 3.8) is 0 Å². The van der Waals surface area contributed by atoms with Gasteiger partial charge in [0.25, 0.3) is 0 Å². The van der Waals surface area contributed by atoms with Crippen LogP contribution in [0.4, 0.5) is 0 Å². The normalized spacial score (nSPS) is 10.2. The van der Waals surface area contributed by atoms with E-state index in [2.05, 4.69) is 6.92 Å². The summed E-state index contributed by atoms with van der Waals surface area (Å²) in [6, 6.07) is 0. The molecule has 0 saturated carbocycles. The summed E-state index contributed by atoms with van der Waals surface area (Å²) in [7, 11) is 0. The zero-order valence-corrected chi connectivity index (χ0v) is 12.4. The van der Waals surface area contributed by atoms with Crippen LogP contribution in [0.5, 0.6) is 0 Å². The molecular weight excluding hydrogens is 244 g/mol. The minimum Gasteiger partial charge on any atom is -0.466 e. The molecule has 0 radical (unpaired) electrons. The molecule has 0 N–H and O–H groups in total. The van der Waals surface area contributed by atoms with E-state index >= 15 is 0 Å². The van der Waals surface area contributed by atoms with Crippen LogP contribution in [0, 0.1) is 0 Å². The molecule has 0 fully saturated rings. The third kappa shape index (κ3) is 13.2. The van der Waals surface area contributed by atoms with Gasteiger partial charge in [-0.2, -0.15) is 0 Å². The Kier molecular flexibility index (Phi) is 12.6. The summed E-state index contributed by atoms with van der Waals surface area (Å²) in [6.45, 7) is 5.11. The van der Waals surface area contributed by atoms with Gasteiger partial charge in [0, 0.05) is 0 Å². The van der Waals surface area contributed by atoms with Crippen LogP contribution >= 0.6 is 0 Å². The monoisotopic (exact) mass is 272 g/mol. The Morgan fingerprint density at radius 1 is 0.684 bits per heavy atom. The van der Waals surface area contributed by atoms with Gasteiger partial charge in [0.15, 0.2) is 0 Å². The zero-order valence-electron chi connectivity index (χ0n) is 12.4. The van der Waals surface area contributed by atoms with Gasteiger partial charge < -0.3 is 9.47 Å². The summed E-state index contributed by atoms with van der Waals surface area (Å²) >= 11 is 0. The van der Waals surface area contributed by atoms with E-state index in [0.717, 1.165) is 25.7 Å². The van der Waals surface area contributed by atoms with Crippen molar-refractivity contribution < 1.29 is 19.1 Å². The molecule has 0 aromatic rings. The van der Waals surface area contributed by atoms with Gasteiger partial charge in [-0.3, -0.25) is 9.59 Å². The van der Waals surface area contributed by atoms with Crippen LogP contribution < -0.4 is 0 Å². The fourth-order valence-electron chi connectivity index (χ4n) is 1.57. The van der Waals surface area contributed by atoms with E-state index in [9.17, 15) is 9.59 Å². The molecule has 0 saturated heterocycles. The van der Waals surface area contributed by atoms with Crippen LogP contribution in [0.1, 0.15) is 71.6 Å². The van der Waals surface area contributed by atoms with E-state index in [0.29, 0.717) is 13.2 Å². The Bertz CT molecular complexity index is 238. The summed E-state index contributed by atoms with van der Waals surface area (Å²) in [4.78, 5) is 22.6. The largest absolute Gasteiger partial charge is 0.466 e. The third-order valence-electron chi connectivity index (χ3n) is 2.81. The van der Waals surface area contributed by atoms with Crippen molar-refractivity contribution in [2.45, 2.75) is 71.6 Å². The van der Waals surface area contributed by atoms with Crippen molar-refractivity contribution in [1.29, 1.82) is 0 Å². The Hall–Kier alpha value is -1.06. The van der Waals surface area contributed by atoms with E-state index in [1.54, 1.807) is 0 Å². The highest BCUT2D eigenvalue weighted by Crippen LogP contribution is 2.03. The highest BCUT2D eigenvalue weighted by Gasteiger charge is 2.08. The zero-order chi connectivity index (χ0) is 14.3. The lowest BCUT2D eigenvalue weighted by atomic mass is 10.2. The Morgan fingerprint density at radius 2 is 1.16 bits per heavy atom. The highest BCUT2D eigenvalue weighted by molar-refractivity contribution is 5.77. The first-order valence-corrected chi connectivity index (χ1v) is 7.52. The van der Waals surface area contributed by atoms with Crippen molar-refractivity contribution in [3.8, 4) is 0 Å². The van der Waals surface area contributed by atoms with Gasteiger partial charge in [-0.25, -0.2) is 0 Å². The highest BCUT2D eigenvalue weighted by atomic mass is 16.5. The predicted molar refractivity (Wildman–Crippen MR) is 74.8 cm³/mol. The Morgan fingerprint density at radius 3 is 1.68 bits per heavy atom. The molecule has 0 unspecified atom stereocenters. The van der Waals surface area contributed by atoms with E-state index in [4.69, 9.17) is 9.47 Å². The average molecular weight is 272 g/mol. The number of rotatable bonds is 12. The smallest absolute Gasteiger partial charge is 0.306 e. The maximum absolute atomic E-state index is 11.3. The Balaban J connectivity index is 3.36. The number of hydrogen-bond acceptors (Lipinski definition) is 4. The first kappa shape index (κ1) is 17.9. The van der Waals surface area contributed by atoms with Gasteiger partial charge in [0.05, 0.1) is 26.1 Å². The second-order valence-corrected chi connectivity index (χ2v) is 4.71. The molecule has 0 aromatic heterocycles. The minimum atomic E-state index is -0.312. The van der Waals surface area contributed by atoms with E-state index in [1.165, 1.54) is 19.3 Å². The van der Waals surface area contributed by atoms with Crippen molar-refractivity contribution in [1.82, 2.24) is 0 Å². The number of esters is 2. The van der Waals surface area contributed by atoms with Crippen molar-refractivity contribution in [3.05, 3.63) is 0 Å². The molecule has 0 aliphatic heterocycles. The summed E-state index contributed by atoms with van der Waals surface area (Å²) < 4.78 is 10.0. The molecule has 0 atom stereocenters. The fourth-order valence-corrected chi connectivity index (χ4v) is 1.57. The molecule has 112 valence electrons. The molecule has 19 heavy (non-hydrogen) atoms.